The highest BCUT2D eigenvalue weighted by atomic mass is 35.5. The van der Waals surface area contributed by atoms with Gasteiger partial charge in [-0.1, -0.05) is 23.7 Å². The molecule has 2 heterocycles. The lowest BCUT2D eigenvalue weighted by Gasteiger charge is -2.24. The average Bonchev–Trinajstić information content (AvgIpc) is 2.87. The molecule has 0 saturated heterocycles. The largest absolute Gasteiger partial charge is 0.319 e. The topological polar surface area (TPSA) is 59.0 Å². The number of nitrogens with zero attached hydrogens (tertiary/aromatic N) is 2. The van der Waals surface area contributed by atoms with Crippen molar-refractivity contribution in [2.24, 2.45) is 0 Å². The molecule has 0 bridgehead atoms. The molecule has 0 spiro atoms. The molecule has 1 aromatic heterocycles. The van der Waals surface area contributed by atoms with Crippen LogP contribution in [0.2, 0.25) is 5.02 Å². The zero-order valence-corrected chi connectivity index (χ0v) is 11.8. The van der Waals surface area contributed by atoms with Crippen molar-refractivity contribution in [3.8, 4) is 0 Å². The molecule has 2 N–H and O–H groups in total. The number of halogens is 1. The maximum absolute atomic E-state index is 12.4. The van der Waals surface area contributed by atoms with Gasteiger partial charge in [0.05, 0.1) is 23.5 Å². The van der Waals surface area contributed by atoms with Gasteiger partial charge in [-0.25, -0.2) is 4.98 Å². The highest BCUT2D eigenvalue weighted by Gasteiger charge is 2.23. The highest BCUT2D eigenvalue weighted by molar-refractivity contribution is 6.33. The minimum Gasteiger partial charge on any atom is -0.319 e. The molecule has 1 aliphatic rings. The van der Waals surface area contributed by atoms with Crippen molar-refractivity contribution in [1.82, 2.24) is 14.9 Å². The van der Waals surface area contributed by atoms with E-state index in [9.17, 15) is 4.79 Å². The minimum atomic E-state index is -0.189. The zero-order chi connectivity index (χ0) is 14.1. The molecule has 0 fully saturated rings. The summed E-state index contributed by atoms with van der Waals surface area (Å²) in [6.45, 7) is 3.57. The van der Waals surface area contributed by atoms with Crippen molar-refractivity contribution < 1.29 is 4.79 Å². The van der Waals surface area contributed by atoms with Gasteiger partial charge in [-0.05, 0) is 19.1 Å². The summed E-state index contributed by atoms with van der Waals surface area (Å²) in [5, 5.41) is 6.62. The number of benzene rings is 1. The van der Waals surface area contributed by atoms with Gasteiger partial charge in [0.2, 0.25) is 0 Å². The lowest BCUT2D eigenvalue weighted by molar-refractivity contribution is 0.101. The van der Waals surface area contributed by atoms with E-state index in [4.69, 9.17) is 11.6 Å². The third kappa shape index (κ3) is 2.30. The third-order valence-corrected chi connectivity index (χ3v) is 3.72. The van der Waals surface area contributed by atoms with E-state index in [1.807, 2.05) is 16.7 Å². The molecule has 0 aliphatic carbocycles. The molecule has 104 valence electrons. The fourth-order valence-corrected chi connectivity index (χ4v) is 2.61. The number of amides is 1. The van der Waals surface area contributed by atoms with Crippen LogP contribution in [0.5, 0.6) is 0 Å². The molecular formula is C14H15ClN4O. The van der Waals surface area contributed by atoms with Crippen LogP contribution in [0, 0.1) is 0 Å². The van der Waals surface area contributed by atoms with Gasteiger partial charge < -0.3 is 15.2 Å². The molecule has 1 aliphatic heterocycles. The lowest BCUT2D eigenvalue weighted by atomic mass is 10.2. The van der Waals surface area contributed by atoms with E-state index in [0.29, 0.717) is 22.9 Å². The van der Waals surface area contributed by atoms with E-state index in [0.717, 1.165) is 12.4 Å². The Hall–Kier alpha value is -1.85. The first kappa shape index (κ1) is 13.1. The van der Waals surface area contributed by atoms with Crippen LogP contribution in [0.3, 0.4) is 0 Å². The molecule has 1 unspecified atom stereocenters. The SMILES string of the molecule is CC1CNCc2ncc(C(=O)Nc3ccccc3Cl)n21. The predicted octanol–water partition coefficient (Wildman–Crippen LogP) is 2.45. The lowest BCUT2D eigenvalue weighted by Crippen LogP contribution is -2.33. The van der Waals surface area contributed by atoms with Crippen LogP contribution in [0.1, 0.15) is 29.3 Å². The van der Waals surface area contributed by atoms with Gasteiger partial charge >= 0.3 is 0 Å². The van der Waals surface area contributed by atoms with Crippen LogP contribution < -0.4 is 10.6 Å². The number of carbonyl (C=O) groups is 1. The molecule has 0 radical (unpaired) electrons. The summed E-state index contributed by atoms with van der Waals surface area (Å²) < 4.78 is 1.97. The summed E-state index contributed by atoms with van der Waals surface area (Å²) in [6.07, 6.45) is 1.62. The fraction of sp³-hybridized carbons (Fsp3) is 0.286. The second-order valence-electron chi connectivity index (χ2n) is 4.84. The number of nitrogens with one attached hydrogen (secondary N) is 2. The number of fused-ring (bicyclic) bond motifs is 1. The first-order valence-electron chi connectivity index (χ1n) is 6.49. The van der Waals surface area contributed by atoms with E-state index in [1.165, 1.54) is 0 Å². The summed E-state index contributed by atoms with van der Waals surface area (Å²) in [4.78, 5) is 16.7. The number of anilines is 1. The molecule has 2 aromatic rings. The van der Waals surface area contributed by atoms with Gasteiger partial charge in [0.25, 0.3) is 5.91 Å². The van der Waals surface area contributed by atoms with Crippen LogP contribution in [-0.4, -0.2) is 22.0 Å². The minimum absolute atomic E-state index is 0.189. The molecule has 1 atom stereocenters. The second-order valence-corrected chi connectivity index (χ2v) is 5.25. The van der Waals surface area contributed by atoms with E-state index < -0.39 is 0 Å². The predicted molar refractivity (Wildman–Crippen MR) is 78.0 cm³/mol. The first-order valence-corrected chi connectivity index (χ1v) is 6.87. The molecule has 1 aromatic carbocycles. The molecule has 5 nitrogen and oxygen atoms in total. The summed E-state index contributed by atoms with van der Waals surface area (Å²) in [5.41, 5.74) is 1.17. The molecular weight excluding hydrogens is 276 g/mol. The Balaban J connectivity index is 1.89. The van der Waals surface area contributed by atoms with Crippen LogP contribution in [0.4, 0.5) is 5.69 Å². The van der Waals surface area contributed by atoms with E-state index in [1.54, 1.807) is 18.3 Å². The first-order chi connectivity index (χ1) is 9.66. The van der Waals surface area contributed by atoms with E-state index in [2.05, 4.69) is 22.5 Å². The van der Waals surface area contributed by atoms with E-state index >= 15 is 0 Å². The number of hydrogen-bond donors (Lipinski definition) is 2. The molecule has 1 amide bonds. The van der Waals surface area contributed by atoms with Crippen LogP contribution in [0.15, 0.2) is 30.5 Å². The van der Waals surface area contributed by atoms with Crippen molar-refractivity contribution in [3.63, 3.8) is 0 Å². The van der Waals surface area contributed by atoms with Gasteiger partial charge in [-0.2, -0.15) is 0 Å². The standard InChI is InChI=1S/C14H15ClN4O/c1-9-6-16-8-13-17-7-12(19(9)13)14(20)18-11-5-3-2-4-10(11)15/h2-5,7,9,16H,6,8H2,1H3,(H,18,20). The Kier molecular flexibility index (Phi) is 3.46. The summed E-state index contributed by atoms with van der Waals surface area (Å²) in [7, 11) is 0. The Bertz CT molecular complexity index is 652. The second kappa shape index (κ2) is 5.26. The van der Waals surface area contributed by atoms with Crippen molar-refractivity contribution in [1.29, 1.82) is 0 Å². The third-order valence-electron chi connectivity index (χ3n) is 3.39. The Labute approximate surface area is 122 Å². The number of aromatic nitrogens is 2. The van der Waals surface area contributed by atoms with Crippen molar-refractivity contribution in [3.05, 3.63) is 47.0 Å². The van der Waals surface area contributed by atoms with Crippen LogP contribution in [-0.2, 0) is 6.54 Å². The Morgan fingerprint density at radius 1 is 1.50 bits per heavy atom. The highest BCUT2D eigenvalue weighted by Crippen LogP contribution is 2.23. The van der Waals surface area contributed by atoms with E-state index in [-0.39, 0.29) is 11.9 Å². The number of imidazole rings is 1. The monoisotopic (exact) mass is 290 g/mol. The summed E-state index contributed by atoms with van der Waals surface area (Å²) in [5.74, 6) is 0.693. The molecule has 20 heavy (non-hydrogen) atoms. The van der Waals surface area contributed by atoms with Gasteiger partial charge in [0.15, 0.2) is 0 Å². The number of para-hydroxylation sites is 1. The van der Waals surface area contributed by atoms with Crippen molar-refractivity contribution >= 4 is 23.2 Å². The molecule has 0 saturated carbocycles. The Morgan fingerprint density at radius 3 is 3.10 bits per heavy atom. The van der Waals surface area contributed by atoms with Gasteiger partial charge in [0, 0.05) is 12.6 Å². The maximum Gasteiger partial charge on any atom is 0.273 e. The Morgan fingerprint density at radius 2 is 2.30 bits per heavy atom. The number of hydrogen-bond acceptors (Lipinski definition) is 3. The summed E-state index contributed by atoms with van der Waals surface area (Å²) >= 11 is 6.05. The fourth-order valence-electron chi connectivity index (χ4n) is 2.42. The molecule has 3 rings (SSSR count). The van der Waals surface area contributed by atoms with Gasteiger partial charge in [-0.15, -0.1) is 0 Å². The van der Waals surface area contributed by atoms with Crippen LogP contribution in [0.25, 0.3) is 0 Å². The van der Waals surface area contributed by atoms with Crippen molar-refractivity contribution in [2.45, 2.75) is 19.5 Å². The zero-order valence-electron chi connectivity index (χ0n) is 11.1. The quantitative estimate of drug-likeness (QED) is 0.893. The number of rotatable bonds is 2. The van der Waals surface area contributed by atoms with Crippen molar-refractivity contribution in [2.75, 3.05) is 11.9 Å². The summed E-state index contributed by atoms with van der Waals surface area (Å²) in [6, 6.07) is 7.38. The van der Waals surface area contributed by atoms with Gasteiger partial charge in [-0.3, -0.25) is 4.79 Å². The van der Waals surface area contributed by atoms with Gasteiger partial charge in [0.1, 0.15) is 11.5 Å². The maximum atomic E-state index is 12.4. The smallest absolute Gasteiger partial charge is 0.273 e. The molecule has 6 heteroatoms. The average molecular weight is 291 g/mol. The number of carbonyl (C=O) groups excluding carboxylic acids is 1. The normalized spacial score (nSPS) is 17.6. The van der Waals surface area contributed by atoms with Crippen LogP contribution >= 0.6 is 11.6 Å².